The van der Waals surface area contributed by atoms with Crippen LogP contribution in [0.25, 0.3) is 0 Å². The van der Waals surface area contributed by atoms with Crippen molar-refractivity contribution in [2.24, 2.45) is 0 Å². The van der Waals surface area contributed by atoms with Crippen LogP contribution in [0.2, 0.25) is 0 Å². The quantitative estimate of drug-likeness (QED) is 0.342. The maximum absolute atomic E-state index is 12.1. The van der Waals surface area contributed by atoms with Crippen LogP contribution in [0.15, 0.2) is 0 Å². The summed E-state index contributed by atoms with van der Waals surface area (Å²) in [5.41, 5.74) is 2.34. The van der Waals surface area contributed by atoms with Gasteiger partial charge in [-0.1, -0.05) is 0 Å². The summed E-state index contributed by atoms with van der Waals surface area (Å²) in [6, 6.07) is -2.24. The molecule has 2 atom stereocenters. The molecule has 2 saturated heterocycles. The van der Waals surface area contributed by atoms with E-state index in [4.69, 9.17) is 4.55 Å². The summed E-state index contributed by atoms with van der Waals surface area (Å²) < 4.78 is 34.4. The molecule has 0 aliphatic carbocycles. The van der Waals surface area contributed by atoms with E-state index in [1.807, 2.05) is 0 Å². The first-order valence-corrected chi connectivity index (χ1v) is 7.78. The van der Waals surface area contributed by atoms with Crippen LogP contribution in [0.5, 0.6) is 0 Å². The van der Waals surface area contributed by atoms with Gasteiger partial charge in [-0.15, -0.1) is 4.28 Å². The summed E-state index contributed by atoms with van der Waals surface area (Å²) in [6.07, 6.45) is 0.596. The standard InChI is InChI=1S/C10H16N4O7S.Na/c1-6(15)12(2)11-9(16)8-4-3-7-5-13(8)10(17)14(7)21-22(18,19)20;/h7-8H,3-5H2,1-2H3,(H,11,16)(H,18,19,20);. The third-order valence-corrected chi connectivity index (χ3v) is 3.90. The van der Waals surface area contributed by atoms with Gasteiger partial charge in [0.2, 0.25) is 5.91 Å². The van der Waals surface area contributed by atoms with Crippen LogP contribution in [0.1, 0.15) is 19.8 Å². The van der Waals surface area contributed by atoms with E-state index in [9.17, 15) is 22.8 Å². The van der Waals surface area contributed by atoms with Crippen molar-refractivity contribution in [3.05, 3.63) is 0 Å². The number of piperidine rings is 1. The molecule has 2 aliphatic rings. The van der Waals surface area contributed by atoms with Gasteiger partial charge in [0.15, 0.2) is 0 Å². The number of amides is 4. The number of nitrogens with zero attached hydrogens (tertiary/aromatic N) is 3. The molecular weight excluding hydrogens is 343 g/mol. The van der Waals surface area contributed by atoms with E-state index in [0.717, 1.165) is 9.91 Å². The van der Waals surface area contributed by atoms with E-state index in [0.29, 0.717) is 11.5 Å². The number of urea groups is 1. The summed E-state index contributed by atoms with van der Waals surface area (Å²) in [4.78, 5) is 36.4. The van der Waals surface area contributed by atoms with Crippen LogP contribution < -0.4 is 5.43 Å². The van der Waals surface area contributed by atoms with Crippen molar-refractivity contribution < 1.29 is 31.6 Å². The molecule has 23 heavy (non-hydrogen) atoms. The molecule has 2 fully saturated rings. The molecular formula is C10H16N4NaO7S. The molecule has 0 aromatic heterocycles. The molecule has 0 saturated carbocycles. The molecule has 2 N–H and O–H groups in total. The van der Waals surface area contributed by atoms with Crippen LogP contribution in [-0.2, 0) is 24.3 Å². The fourth-order valence-electron chi connectivity index (χ4n) is 2.42. The Hall–Kier alpha value is -0.920. The summed E-state index contributed by atoms with van der Waals surface area (Å²) in [5.74, 6) is -0.940. The molecule has 11 nitrogen and oxygen atoms in total. The largest absolute Gasteiger partial charge is 0.418 e. The minimum Gasteiger partial charge on any atom is -0.309 e. The molecule has 0 aromatic rings. The Kier molecular flexibility index (Phi) is 6.40. The Labute approximate surface area is 155 Å². The number of nitrogens with one attached hydrogen (secondary N) is 1. The first-order valence-electron chi connectivity index (χ1n) is 6.42. The number of rotatable bonds is 3. The number of carbonyl (C=O) groups is 3. The molecule has 2 rings (SSSR count). The topological polar surface area (TPSA) is 137 Å². The van der Waals surface area contributed by atoms with Crippen molar-refractivity contribution in [1.82, 2.24) is 20.4 Å². The average Bonchev–Trinajstić information content (AvgIpc) is 2.62. The number of hydrogen-bond acceptors (Lipinski definition) is 6. The fourth-order valence-corrected chi connectivity index (χ4v) is 2.81. The number of carbonyl (C=O) groups excluding carboxylic acids is 3. The van der Waals surface area contributed by atoms with Gasteiger partial charge in [-0.2, -0.15) is 13.5 Å². The molecule has 1 radical (unpaired) electrons. The Morgan fingerprint density at radius 2 is 2.00 bits per heavy atom. The molecule has 2 heterocycles. The van der Waals surface area contributed by atoms with Crippen LogP contribution in [0.3, 0.4) is 0 Å². The molecule has 2 unspecified atom stereocenters. The molecule has 4 amide bonds. The van der Waals surface area contributed by atoms with Gasteiger partial charge in [0.25, 0.3) is 5.91 Å². The van der Waals surface area contributed by atoms with Gasteiger partial charge < -0.3 is 4.90 Å². The molecule has 125 valence electrons. The van der Waals surface area contributed by atoms with Gasteiger partial charge in [-0.25, -0.2) is 4.79 Å². The van der Waals surface area contributed by atoms with Crippen LogP contribution in [-0.4, -0.2) is 101 Å². The molecule has 2 aliphatic heterocycles. The smallest absolute Gasteiger partial charge is 0.309 e. The van der Waals surface area contributed by atoms with Gasteiger partial charge in [0, 0.05) is 50.1 Å². The van der Waals surface area contributed by atoms with Gasteiger partial charge in [-0.3, -0.25) is 24.6 Å². The van der Waals surface area contributed by atoms with Crippen LogP contribution in [0.4, 0.5) is 4.79 Å². The monoisotopic (exact) mass is 359 g/mol. The minimum absolute atomic E-state index is 0. The van der Waals surface area contributed by atoms with Crippen LogP contribution >= 0.6 is 0 Å². The predicted molar refractivity (Wildman–Crippen MR) is 75.7 cm³/mol. The Balaban J connectivity index is 0.00000264. The van der Waals surface area contributed by atoms with Gasteiger partial charge in [-0.05, 0) is 12.8 Å². The summed E-state index contributed by atoms with van der Waals surface area (Å²) in [6.45, 7) is 1.36. The molecule has 0 spiro atoms. The van der Waals surface area contributed by atoms with Crippen molar-refractivity contribution >= 4 is 57.8 Å². The second-order valence-electron chi connectivity index (χ2n) is 5.06. The van der Waals surface area contributed by atoms with E-state index in [1.165, 1.54) is 14.0 Å². The summed E-state index contributed by atoms with van der Waals surface area (Å²) in [7, 11) is -3.46. The first-order chi connectivity index (χ1) is 10.1. The van der Waals surface area contributed by atoms with Gasteiger partial charge in [0.05, 0.1) is 6.04 Å². The normalized spacial score (nSPS) is 23.3. The Morgan fingerprint density at radius 1 is 1.39 bits per heavy atom. The van der Waals surface area contributed by atoms with Crippen molar-refractivity contribution in [2.75, 3.05) is 13.6 Å². The Morgan fingerprint density at radius 3 is 2.52 bits per heavy atom. The summed E-state index contributed by atoms with van der Waals surface area (Å²) >= 11 is 0. The third kappa shape index (κ3) is 4.55. The van der Waals surface area contributed by atoms with Gasteiger partial charge in [0.1, 0.15) is 6.04 Å². The second kappa shape index (κ2) is 7.32. The SMILES string of the molecule is CC(=O)N(C)NC(=O)C1CCC2CN1C(=O)N2OS(=O)(=O)O.[Na]. The molecule has 0 aromatic carbocycles. The van der Waals surface area contributed by atoms with Crippen molar-refractivity contribution in [1.29, 1.82) is 0 Å². The zero-order valence-corrected chi connectivity index (χ0v) is 15.7. The minimum atomic E-state index is -4.82. The number of hydrazine groups is 1. The molecule has 13 heteroatoms. The van der Waals surface area contributed by atoms with E-state index >= 15 is 0 Å². The van der Waals surface area contributed by atoms with E-state index < -0.39 is 34.4 Å². The maximum Gasteiger partial charge on any atom is 0.418 e. The first kappa shape index (κ1) is 20.1. The second-order valence-corrected chi connectivity index (χ2v) is 6.07. The van der Waals surface area contributed by atoms with E-state index in [1.54, 1.807) is 0 Å². The zero-order valence-electron chi connectivity index (χ0n) is 12.9. The van der Waals surface area contributed by atoms with E-state index in [-0.39, 0.29) is 48.4 Å². The van der Waals surface area contributed by atoms with E-state index in [2.05, 4.69) is 9.71 Å². The van der Waals surface area contributed by atoms with Crippen LogP contribution in [0, 0.1) is 0 Å². The number of hydrogen-bond donors (Lipinski definition) is 2. The number of fused-ring (bicyclic) bond motifs is 2. The maximum atomic E-state index is 12.1. The Bertz CT molecular complexity index is 612. The van der Waals surface area contributed by atoms with Crippen molar-refractivity contribution in [3.8, 4) is 0 Å². The third-order valence-electron chi connectivity index (χ3n) is 3.55. The predicted octanol–water partition coefficient (Wildman–Crippen LogP) is -1.88. The van der Waals surface area contributed by atoms with Crippen molar-refractivity contribution in [2.45, 2.75) is 31.8 Å². The zero-order chi connectivity index (χ0) is 16.7. The van der Waals surface area contributed by atoms with Gasteiger partial charge >= 0.3 is 16.4 Å². The summed E-state index contributed by atoms with van der Waals surface area (Å²) in [5, 5.41) is 1.54. The van der Waals surface area contributed by atoms with Crippen molar-refractivity contribution in [3.63, 3.8) is 0 Å². The number of hydroxylamine groups is 2. The average molecular weight is 359 g/mol. The molecule has 2 bridgehead atoms. The fraction of sp³-hybridized carbons (Fsp3) is 0.700.